The van der Waals surface area contributed by atoms with Crippen molar-refractivity contribution in [3.8, 4) is 5.75 Å². The molecule has 6 nitrogen and oxygen atoms in total. The van der Waals surface area contributed by atoms with Gasteiger partial charge in [0.25, 0.3) is 5.91 Å². The molecule has 0 spiro atoms. The maximum absolute atomic E-state index is 12.9. The van der Waals surface area contributed by atoms with E-state index in [-0.39, 0.29) is 10.5 Å². The van der Waals surface area contributed by atoms with Crippen LogP contribution < -0.4 is 10.1 Å². The van der Waals surface area contributed by atoms with Crippen LogP contribution in [0.5, 0.6) is 5.75 Å². The van der Waals surface area contributed by atoms with Crippen molar-refractivity contribution in [2.45, 2.75) is 32.2 Å². The number of methoxy groups -OCH3 is 1. The van der Waals surface area contributed by atoms with Gasteiger partial charge < -0.3 is 15.0 Å². The molecule has 1 aliphatic rings. The quantitative estimate of drug-likeness (QED) is 0.645. The minimum Gasteiger partial charge on any atom is -0.497 e. The molecule has 2 N–H and O–H groups in total. The second-order valence-electron chi connectivity index (χ2n) is 6.84. The van der Waals surface area contributed by atoms with E-state index in [2.05, 4.69) is 26.2 Å². The number of pyridine rings is 1. The Morgan fingerprint density at radius 2 is 1.89 bits per heavy atom. The van der Waals surface area contributed by atoms with Crippen LogP contribution in [0.2, 0.25) is 0 Å². The molecule has 1 aliphatic heterocycles. The number of benzene rings is 1. The first kappa shape index (κ1) is 20.3. The molecule has 0 aliphatic carbocycles. The average molecular weight is 445 g/mol. The predicted molar refractivity (Wildman–Crippen MR) is 115 cm³/mol. The molecule has 2 heterocycles. The lowest BCUT2D eigenvalue weighted by molar-refractivity contribution is 0.0756. The van der Waals surface area contributed by atoms with Crippen LogP contribution in [0.25, 0.3) is 0 Å². The first-order valence-corrected chi connectivity index (χ1v) is 10.3. The van der Waals surface area contributed by atoms with Crippen molar-refractivity contribution < 1.29 is 9.53 Å². The topological polar surface area (TPSA) is 78.3 Å². The molecule has 2 aromatic rings. The first-order valence-electron chi connectivity index (χ1n) is 9.49. The Balaban J connectivity index is 1.78. The molecular formula is C21H25BrN4O2. The monoisotopic (exact) mass is 444 g/mol. The zero-order chi connectivity index (χ0) is 19.9. The van der Waals surface area contributed by atoms with Crippen molar-refractivity contribution in [1.29, 1.82) is 5.41 Å². The third-order valence-electron chi connectivity index (χ3n) is 4.89. The number of carbonyl (C=O) groups excluding carboxylic acids is 1. The van der Waals surface area contributed by atoms with Crippen molar-refractivity contribution in [3.05, 3.63) is 53.3 Å². The second-order valence-corrected chi connectivity index (χ2v) is 7.63. The summed E-state index contributed by atoms with van der Waals surface area (Å²) in [5.41, 5.74) is 2.83. The van der Waals surface area contributed by atoms with Gasteiger partial charge in [-0.3, -0.25) is 15.2 Å². The van der Waals surface area contributed by atoms with Crippen molar-refractivity contribution in [3.63, 3.8) is 0 Å². The standard InChI is InChI=1S/C21H25BrN4O2/c1-28-16-8-6-15(7-9-16)13-24-18-12-19(25-14-17(18)20(22)23)21(27)26-10-4-2-3-5-11-26/h6-9,12,14,23H,2-5,10-11,13H2,1H3,(H,24,25). The van der Waals surface area contributed by atoms with Crippen LogP contribution in [0.1, 0.15) is 47.3 Å². The lowest BCUT2D eigenvalue weighted by Crippen LogP contribution is -2.32. The van der Waals surface area contributed by atoms with Crippen molar-refractivity contribution in [2.75, 3.05) is 25.5 Å². The van der Waals surface area contributed by atoms with Crippen LogP contribution in [0, 0.1) is 5.41 Å². The van der Waals surface area contributed by atoms with Crippen LogP contribution in [0.15, 0.2) is 36.5 Å². The molecule has 28 heavy (non-hydrogen) atoms. The summed E-state index contributed by atoms with van der Waals surface area (Å²) in [6, 6.07) is 9.53. The Morgan fingerprint density at radius 3 is 2.50 bits per heavy atom. The summed E-state index contributed by atoms with van der Waals surface area (Å²) in [4.78, 5) is 19.1. The molecule has 1 fully saturated rings. The van der Waals surface area contributed by atoms with Gasteiger partial charge in [0.15, 0.2) is 0 Å². The van der Waals surface area contributed by atoms with Crippen molar-refractivity contribution in [1.82, 2.24) is 9.88 Å². The summed E-state index contributed by atoms with van der Waals surface area (Å²) in [7, 11) is 1.64. The summed E-state index contributed by atoms with van der Waals surface area (Å²) >= 11 is 3.22. The maximum Gasteiger partial charge on any atom is 0.272 e. The van der Waals surface area contributed by atoms with Crippen LogP contribution in [-0.4, -0.2) is 40.6 Å². The Bertz CT molecular complexity index is 831. The number of likely N-dealkylation sites (tertiary alicyclic amines) is 1. The smallest absolute Gasteiger partial charge is 0.272 e. The number of ether oxygens (including phenoxy) is 1. The molecule has 1 aromatic carbocycles. The number of halogens is 1. The Morgan fingerprint density at radius 1 is 1.21 bits per heavy atom. The van der Waals surface area contributed by atoms with E-state index >= 15 is 0 Å². The predicted octanol–water partition coefficient (Wildman–Crippen LogP) is 4.44. The van der Waals surface area contributed by atoms with E-state index in [0.29, 0.717) is 23.5 Å². The minimum atomic E-state index is -0.0398. The molecule has 1 amide bonds. The van der Waals surface area contributed by atoms with Gasteiger partial charge in [0, 0.05) is 37.1 Å². The van der Waals surface area contributed by atoms with Gasteiger partial charge in [0.2, 0.25) is 0 Å². The molecule has 0 saturated carbocycles. The largest absolute Gasteiger partial charge is 0.497 e. The summed E-state index contributed by atoms with van der Waals surface area (Å²) in [5.74, 6) is 0.767. The Labute approximate surface area is 173 Å². The van der Waals surface area contributed by atoms with E-state index in [1.165, 1.54) is 12.8 Å². The van der Waals surface area contributed by atoms with Gasteiger partial charge in [-0.15, -0.1) is 0 Å². The van der Waals surface area contributed by atoms with E-state index in [1.807, 2.05) is 29.2 Å². The molecule has 0 unspecified atom stereocenters. The van der Waals surface area contributed by atoms with Gasteiger partial charge in [-0.2, -0.15) is 0 Å². The molecule has 0 bridgehead atoms. The van der Waals surface area contributed by atoms with Gasteiger partial charge in [-0.1, -0.05) is 25.0 Å². The highest BCUT2D eigenvalue weighted by molar-refractivity contribution is 9.18. The number of anilines is 1. The van der Waals surface area contributed by atoms with Crippen molar-refractivity contribution >= 4 is 32.1 Å². The van der Waals surface area contributed by atoms with Crippen LogP contribution in [0.4, 0.5) is 5.69 Å². The number of rotatable bonds is 6. The van der Waals surface area contributed by atoms with Gasteiger partial charge in [-0.25, -0.2) is 0 Å². The SMILES string of the molecule is COc1ccc(CNc2cc(C(=O)N3CCCCCC3)ncc2C(=N)Br)cc1. The third-order valence-corrected chi connectivity index (χ3v) is 5.32. The molecule has 3 rings (SSSR count). The molecule has 148 valence electrons. The Hall–Kier alpha value is -2.41. The fourth-order valence-corrected chi connectivity index (χ4v) is 3.59. The number of aromatic nitrogens is 1. The van der Waals surface area contributed by atoms with E-state index in [1.54, 1.807) is 19.4 Å². The normalized spacial score (nSPS) is 14.3. The highest BCUT2D eigenvalue weighted by Gasteiger charge is 2.20. The van der Waals surface area contributed by atoms with E-state index in [9.17, 15) is 4.79 Å². The molecule has 7 heteroatoms. The number of hydrogen-bond donors (Lipinski definition) is 2. The summed E-state index contributed by atoms with van der Waals surface area (Å²) in [6.07, 6.45) is 6.01. The van der Waals surface area contributed by atoms with Gasteiger partial charge in [0.1, 0.15) is 16.1 Å². The lowest BCUT2D eigenvalue weighted by atomic mass is 10.1. The number of nitrogens with zero attached hydrogens (tertiary/aromatic N) is 2. The molecular weight excluding hydrogens is 420 g/mol. The van der Waals surface area contributed by atoms with E-state index in [4.69, 9.17) is 10.1 Å². The zero-order valence-electron chi connectivity index (χ0n) is 16.0. The molecule has 0 atom stereocenters. The molecule has 1 saturated heterocycles. The highest BCUT2D eigenvalue weighted by atomic mass is 79.9. The van der Waals surface area contributed by atoms with Gasteiger partial charge in [-0.05, 0) is 52.5 Å². The second kappa shape index (κ2) is 9.68. The van der Waals surface area contributed by atoms with Crippen LogP contribution in [0.3, 0.4) is 0 Å². The van der Waals surface area contributed by atoms with Gasteiger partial charge in [0.05, 0.1) is 7.11 Å². The maximum atomic E-state index is 12.9. The lowest BCUT2D eigenvalue weighted by Gasteiger charge is -2.20. The van der Waals surface area contributed by atoms with E-state index < -0.39 is 0 Å². The fourth-order valence-electron chi connectivity index (χ4n) is 3.27. The van der Waals surface area contributed by atoms with Crippen molar-refractivity contribution in [2.24, 2.45) is 0 Å². The number of nitrogens with one attached hydrogen (secondary N) is 2. The zero-order valence-corrected chi connectivity index (χ0v) is 17.6. The summed E-state index contributed by atoms with van der Waals surface area (Å²) < 4.78 is 5.41. The minimum absolute atomic E-state index is 0.0398. The van der Waals surface area contributed by atoms with Crippen LogP contribution in [-0.2, 0) is 6.54 Å². The van der Waals surface area contributed by atoms with E-state index in [0.717, 1.165) is 37.2 Å². The number of hydrogen-bond acceptors (Lipinski definition) is 5. The first-order chi connectivity index (χ1) is 13.6. The number of amides is 1. The number of carbonyl (C=O) groups is 1. The third kappa shape index (κ3) is 5.10. The molecule has 1 aromatic heterocycles. The Kier molecular flexibility index (Phi) is 7.03. The van der Waals surface area contributed by atoms with Crippen LogP contribution >= 0.6 is 15.9 Å². The van der Waals surface area contributed by atoms with Gasteiger partial charge >= 0.3 is 0 Å². The summed E-state index contributed by atoms with van der Waals surface area (Å²) in [6.45, 7) is 2.13. The fraction of sp³-hybridized carbons (Fsp3) is 0.381. The average Bonchev–Trinajstić information content (AvgIpc) is 3.01. The molecule has 0 radical (unpaired) electrons. The highest BCUT2D eigenvalue weighted by Crippen LogP contribution is 2.22. The summed E-state index contributed by atoms with van der Waals surface area (Å²) in [5, 5.41) is 11.3.